The number of nitrogens with zero attached hydrogens (tertiary/aromatic N) is 1. The van der Waals surface area contributed by atoms with E-state index in [2.05, 4.69) is 5.32 Å². The van der Waals surface area contributed by atoms with Gasteiger partial charge < -0.3 is 15.0 Å². The number of hydrogen-bond acceptors (Lipinski definition) is 3. The van der Waals surface area contributed by atoms with Gasteiger partial charge in [0.25, 0.3) is 0 Å². The Kier molecular flexibility index (Phi) is 6.42. The van der Waals surface area contributed by atoms with Crippen molar-refractivity contribution >= 4 is 5.91 Å². The lowest BCUT2D eigenvalue weighted by Gasteiger charge is -2.22. The van der Waals surface area contributed by atoms with Gasteiger partial charge in [-0.05, 0) is 39.2 Å². The molecule has 16 heavy (non-hydrogen) atoms. The maximum absolute atomic E-state index is 11.5. The summed E-state index contributed by atoms with van der Waals surface area (Å²) >= 11 is 0. The average molecular weight is 228 g/mol. The molecule has 0 aromatic carbocycles. The van der Waals surface area contributed by atoms with Crippen molar-refractivity contribution in [3.63, 3.8) is 0 Å². The van der Waals surface area contributed by atoms with Crippen LogP contribution >= 0.6 is 0 Å². The molecule has 1 N–H and O–H groups in total. The Morgan fingerprint density at radius 1 is 1.50 bits per heavy atom. The van der Waals surface area contributed by atoms with E-state index in [1.54, 1.807) is 4.90 Å². The number of amides is 1. The van der Waals surface area contributed by atoms with Gasteiger partial charge in [-0.1, -0.05) is 0 Å². The highest BCUT2D eigenvalue weighted by Crippen LogP contribution is 2.14. The highest BCUT2D eigenvalue weighted by atomic mass is 16.5. The number of carbonyl (C=O) groups is 1. The maximum atomic E-state index is 11.5. The molecule has 1 aliphatic rings. The molecule has 0 bridgehead atoms. The van der Waals surface area contributed by atoms with Gasteiger partial charge in [-0.3, -0.25) is 4.79 Å². The van der Waals surface area contributed by atoms with Crippen molar-refractivity contribution in [2.24, 2.45) is 0 Å². The molecule has 0 radical (unpaired) electrons. The van der Waals surface area contributed by atoms with Gasteiger partial charge in [0, 0.05) is 20.2 Å². The number of ether oxygens (including phenoxy) is 1. The third-order valence-corrected chi connectivity index (χ3v) is 3.09. The summed E-state index contributed by atoms with van der Waals surface area (Å²) in [6.45, 7) is 4.97. The number of carbonyl (C=O) groups excluding carboxylic acids is 1. The Labute approximate surface area is 98.3 Å². The first-order chi connectivity index (χ1) is 7.74. The van der Waals surface area contributed by atoms with Gasteiger partial charge in [-0.25, -0.2) is 0 Å². The van der Waals surface area contributed by atoms with Crippen LogP contribution in [0.4, 0.5) is 0 Å². The standard InChI is InChI=1S/C12H24N2O2/c1-3-14(2)12(15)10-13-8-7-11-6-4-5-9-16-11/h11,13H,3-10H2,1-2H3. The van der Waals surface area contributed by atoms with E-state index < -0.39 is 0 Å². The molecule has 0 spiro atoms. The highest BCUT2D eigenvalue weighted by Gasteiger charge is 2.13. The third kappa shape index (κ3) is 4.94. The van der Waals surface area contributed by atoms with Gasteiger partial charge in [0.15, 0.2) is 0 Å². The highest BCUT2D eigenvalue weighted by molar-refractivity contribution is 5.77. The molecular formula is C12H24N2O2. The van der Waals surface area contributed by atoms with E-state index in [4.69, 9.17) is 4.74 Å². The van der Waals surface area contributed by atoms with E-state index in [-0.39, 0.29) is 5.91 Å². The SMILES string of the molecule is CCN(C)C(=O)CNCCC1CCCCO1. The lowest BCUT2D eigenvalue weighted by atomic mass is 10.1. The lowest BCUT2D eigenvalue weighted by Crippen LogP contribution is -2.36. The molecule has 1 saturated heterocycles. The van der Waals surface area contributed by atoms with Crippen LogP contribution in [0.3, 0.4) is 0 Å². The monoisotopic (exact) mass is 228 g/mol. The van der Waals surface area contributed by atoms with Crippen LogP contribution < -0.4 is 5.32 Å². The summed E-state index contributed by atoms with van der Waals surface area (Å²) in [5.41, 5.74) is 0. The Bertz CT molecular complexity index is 203. The van der Waals surface area contributed by atoms with Crippen LogP contribution in [0, 0.1) is 0 Å². The zero-order chi connectivity index (χ0) is 11.8. The molecule has 1 fully saturated rings. The van der Waals surface area contributed by atoms with Gasteiger partial charge in [-0.15, -0.1) is 0 Å². The minimum absolute atomic E-state index is 0.159. The second kappa shape index (κ2) is 7.63. The smallest absolute Gasteiger partial charge is 0.236 e. The number of hydrogen-bond donors (Lipinski definition) is 1. The molecule has 0 aromatic heterocycles. The Morgan fingerprint density at radius 2 is 2.31 bits per heavy atom. The van der Waals surface area contributed by atoms with E-state index in [0.29, 0.717) is 12.6 Å². The molecule has 0 aromatic rings. The van der Waals surface area contributed by atoms with Crippen LogP contribution in [-0.2, 0) is 9.53 Å². The first-order valence-corrected chi connectivity index (χ1v) is 6.30. The molecule has 4 heteroatoms. The minimum Gasteiger partial charge on any atom is -0.378 e. The number of likely N-dealkylation sites (N-methyl/N-ethyl adjacent to an activating group) is 1. The summed E-state index contributed by atoms with van der Waals surface area (Å²) in [7, 11) is 1.83. The largest absolute Gasteiger partial charge is 0.378 e. The molecule has 1 unspecified atom stereocenters. The van der Waals surface area contributed by atoms with Crippen LogP contribution in [0.2, 0.25) is 0 Å². The summed E-state index contributed by atoms with van der Waals surface area (Å²) in [5.74, 6) is 0.159. The van der Waals surface area contributed by atoms with Crippen molar-refractivity contribution in [3.05, 3.63) is 0 Å². The van der Waals surface area contributed by atoms with Crippen LogP contribution in [-0.4, -0.2) is 50.2 Å². The van der Waals surface area contributed by atoms with E-state index in [1.165, 1.54) is 19.3 Å². The van der Waals surface area contributed by atoms with E-state index in [1.807, 2.05) is 14.0 Å². The molecule has 1 heterocycles. The van der Waals surface area contributed by atoms with Crippen molar-refractivity contribution < 1.29 is 9.53 Å². The molecule has 1 aliphatic heterocycles. The molecular weight excluding hydrogens is 204 g/mol. The first-order valence-electron chi connectivity index (χ1n) is 6.30. The number of nitrogens with one attached hydrogen (secondary N) is 1. The summed E-state index contributed by atoms with van der Waals surface area (Å²) in [5, 5.41) is 3.18. The fourth-order valence-corrected chi connectivity index (χ4v) is 1.80. The summed E-state index contributed by atoms with van der Waals surface area (Å²) in [4.78, 5) is 13.2. The number of rotatable bonds is 6. The molecule has 1 rings (SSSR count). The van der Waals surface area contributed by atoms with Crippen LogP contribution in [0.5, 0.6) is 0 Å². The molecule has 1 atom stereocenters. The van der Waals surface area contributed by atoms with Crippen molar-refractivity contribution in [1.82, 2.24) is 10.2 Å². The van der Waals surface area contributed by atoms with Gasteiger partial charge in [0.1, 0.15) is 0 Å². The molecule has 1 amide bonds. The normalized spacial score (nSPS) is 20.8. The van der Waals surface area contributed by atoms with E-state index in [0.717, 1.165) is 26.1 Å². The van der Waals surface area contributed by atoms with Crippen LogP contribution in [0.1, 0.15) is 32.6 Å². The van der Waals surface area contributed by atoms with Crippen molar-refractivity contribution in [2.75, 3.05) is 33.3 Å². The Morgan fingerprint density at radius 3 is 2.94 bits per heavy atom. The summed E-state index contributed by atoms with van der Waals surface area (Å²) in [6.07, 6.45) is 5.07. The zero-order valence-electron chi connectivity index (χ0n) is 10.5. The van der Waals surface area contributed by atoms with Gasteiger partial charge in [0.05, 0.1) is 12.6 Å². The fourth-order valence-electron chi connectivity index (χ4n) is 1.80. The minimum atomic E-state index is 0.159. The van der Waals surface area contributed by atoms with Crippen molar-refractivity contribution in [3.8, 4) is 0 Å². The fraction of sp³-hybridized carbons (Fsp3) is 0.917. The predicted octanol–water partition coefficient (Wildman–Crippen LogP) is 1.01. The predicted molar refractivity (Wildman–Crippen MR) is 64.4 cm³/mol. The maximum Gasteiger partial charge on any atom is 0.236 e. The van der Waals surface area contributed by atoms with Crippen LogP contribution in [0.25, 0.3) is 0 Å². The topological polar surface area (TPSA) is 41.6 Å². The Hall–Kier alpha value is -0.610. The van der Waals surface area contributed by atoms with Crippen molar-refractivity contribution in [1.29, 1.82) is 0 Å². The summed E-state index contributed by atoms with van der Waals surface area (Å²) in [6, 6.07) is 0. The molecule has 94 valence electrons. The lowest BCUT2D eigenvalue weighted by molar-refractivity contribution is -0.128. The van der Waals surface area contributed by atoms with Gasteiger partial charge in [-0.2, -0.15) is 0 Å². The molecule has 0 aliphatic carbocycles. The second-order valence-electron chi connectivity index (χ2n) is 4.36. The zero-order valence-corrected chi connectivity index (χ0v) is 10.5. The van der Waals surface area contributed by atoms with E-state index in [9.17, 15) is 4.79 Å². The summed E-state index contributed by atoms with van der Waals surface area (Å²) < 4.78 is 5.62. The third-order valence-electron chi connectivity index (χ3n) is 3.09. The first kappa shape index (κ1) is 13.5. The van der Waals surface area contributed by atoms with Crippen LogP contribution in [0.15, 0.2) is 0 Å². The van der Waals surface area contributed by atoms with Gasteiger partial charge >= 0.3 is 0 Å². The quantitative estimate of drug-likeness (QED) is 0.690. The average Bonchev–Trinajstić information content (AvgIpc) is 2.34. The molecule has 0 saturated carbocycles. The Balaban J connectivity index is 2.00. The van der Waals surface area contributed by atoms with Crippen molar-refractivity contribution in [2.45, 2.75) is 38.7 Å². The molecule has 4 nitrogen and oxygen atoms in total. The second-order valence-corrected chi connectivity index (χ2v) is 4.36. The van der Waals surface area contributed by atoms with Gasteiger partial charge in [0.2, 0.25) is 5.91 Å². The van der Waals surface area contributed by atoms with E-state index >= 15 is 0 Å².